The number of anilines is 1. The summed E-state index contributed by atoms with van der Waals surface area (Å²) >= 11 is 11.9. The van der Waals surface area contributed by atoms with Gasteiger partial charge in [0.25, 0.3) is 0 Å². The van der Waals surface area contributed by atoms with E-state index in [0.717, 1.165) is 5.56 Å². The molecular weight excluding hydrogens is 349 g/mol. The number of amides is 2. The first-order valence-corrected chi connectivity index (χ1v) is 8.20. The number of carbonyl (C=O) groups excluding carboxylic acids is 2. The number of nitrogens with zero attached hydrogens (tertiary/aromatic N) is 2. The molecule has 1 saturated heterocycles. The second-order valence-corrected chi connectivity index (χ2v) is 6.55. The molecule has 1 unspecified atom stereocenters. The summed E-state index contributed by atoms with van der Waals surface area (Å²) in [5.41, 5.74) is 1.51. The molecule has 1 fully saturated rings. The van der Waals surface area contributed by atoms with Crippen LogP contribution in [0.1, 0.15) is 12.0 Å². The van der Waals surface area contributed by atoms with Gasteiger partial charge in [-0.05, 0) is 35.9 Å². The third kappa shape index (κ3) is 4.04. The van der Waals surface area contributed by atoms with Crippen LogP contribution in [0.2, 0.25) is 10.0 Å². The van der Waals surface area contributed by atoms with Crippen molar-refractivity contribution in [2.24, 2.45) is 5.92 Å². The molecule has 0 radical (unpaired) electrons. The lowest BCUT2D eigenvalue weighted by Crippen LogP contribution is -2.28. The van der Waals surface area contributed by atoms with Gasteiger partial charge in [0, 0.05) is 47.6 Å². The lowest BCUT2D eigenvalue weighted by Gasteiger charge is -2.16. The molecule has 1 aliphatic rings. The van der Waals surface area contributed by atoms with Gasteiger partial charge in [-0.25, -0.2) is 0 Å². The molecule has 0 aliphatic carbocycles. The zero-order chi connectivity index (χ0) is 17.1. The van der Waals surface area contributed by atoms with Crippen LogP contribution in [-0.2, 0) is 16.1 Å². The third-order valence-corrected chi connectivity index (χ3v) is 4.27. The maximum absolute atomic E-state index is 12.4. The van der Waals surface area contributed by atoms with E-state index >= 15 is 0 Å². The molecule has 1 atom stereocenters. The van der Waals surface area contributed by atoms with Crippen LogP contribution in [0.5, 0.6) is 0 Å². The molecule has 24 heavy (non-hydrogen) atoms. The smallest absolute Gasteiger partial charge is 0.229 e. The Morgan fingerprint density at radius 2 is 1.88 bits per heavy atom. The van der Waals surface area contributed by atoms with Crippen LogP contribution >= 0.6 is 23.2 Å². The van der Waals surface area contributed by atoms with E-state index in [0.29, 0.717) is 28.8 Å². The highest BCUT2D eigenvalue weighted by Gasteiger charge is 2.34. The molecule has 2 aromatic rings. The summed E-state index contributed by atoms with van der Waals surface area (Å²) in [5.74, 6) is -0.632. The molecule has 0 bridgehead atoms. The monoisotopic (exact) mass is 363 g/mol. The highest BCUT2D eigenvalue weighted by atomic mass is 35.5. The predicted octanol–water partition coefficient (Wildman–Crippen LogP) is 3.38. The second-order valence-electron chi connectivity index (χ2n) is 5.68. The Kier molecular flexibility index (Phi) is 5.02. The first kappa shape index (κ1) is 16.7. The van der Waals surface area contributed by atoms with Crippen molar-refractivity contribution in [3.63, 3.8) is 0 Å². The second kappa shape index (κ2) is 7.20. The van der Waals surface area contributed by atoms with E-state index < -0.39 is 5.92 Å². The summed E-state index contributed by atoms with van der Waals surface area (Å²) in [6.45, 7) is 0.870. The number of benzene rings is 1. The summed E-state index contributed by atoms with van der Waals surface area (Å²) in [4.78, 5) is 30.2. The maximum atomic E-state index is 12.4. The average Bonchev–Trinajstić information content (AvgIpc) is 2.88. The fourth-order valence-electron chi connectivity index (χ4n) is 2.68. The number of hydrogen-bond donors (Lipinski definition) is 1. The quantitative estimate of drug-likeness (QED) is 0.905. The van der Waals surface area contributed by atoms with Gasteiger partial charge >= 0.3 is 0 Å². The van der Waals surface area contributed by atoms with Crippen molar-refractivity contribution in [1.29, 1.82) is 0 Å². The van der Waals surface area contributed by atoms with Crippen molar-refractivity contribution < 1.29 is 9.59 Å². The number of carbonyl (C=O) groups is 2. The van der Waals surface area contributed by atoms with E-state index in [1.165, 1.54) is 0 Å². The molecule has 2 amide bonds. The molecule has 3 rings (SSSR count). The molecule has 2 heterocycles. The van der Waals surface area contributed by atoms with Gasteiger partial charge in [-0.2, -0.15) is 0 Å². The average molecular weight is 364 g/mol. The molecule has 0 saturated carbocycles. The van der Waals surface area contributed by atoms with E-state index in [9.17, 15) is 9.59 Å². The van der Waals surface area contributed by atoms with Crippen molar-refractivity contribution in [3.05, 3.63) is 58.3 Å². The van der Waals surface area contributed by atoms with Crippen molar-refractivity contribution in [3.8, 4) is 0 Å². The maximum Gasteiger partial charge on any atom is 0.229 e. The number of hydrogen-bond acceptors (Lipinski definition) is 3. The first-order valence-electron chi connectivity index (χ1n) is 7.45. The molecule has 1 aliphatic heterocycles. The van der Waals surface area contributed by atoms with Crippen LogP contribution in [0.4, 0.5) is 5.69 Å². The van der Waals surface area contributed by atoms with Crippen molar-refractivity contribution in [2.75, 3.05) is 11.9 Å². The van der Waals surface area contributed by atoms with Gasteiger partial charge in [-0.3, -0.25) is 14.6 Å². The molecular formula is C17H15Cl2N3O2. The highest BCUT2D eigenvalue weighted by Crippen LogP contribution is 2.25. The fraction of sp³-hybridized carbons (Fsp3) is 0.235. The highest BCUT2D eigenvalue weighted by molar-refractivity contribution is 6.35. The zero-order valence-electron chi connectivity index (χ0n) is 12.7. The number of likely N-dealkylation sites (tertiary alicyclic amines) is 1. The van der Waals surface area contributed by atoms with Gasteiger partial charge in [0.15, 0.2) is 0 Å². The molecule has 1 N–H and O–H groups in total. The lowest BCUT2D eigenvalue weighted by atomic mass is 10.1. The molecule has 1 aromatic heterocycles. The number of rotatable bonds is 4. The summed E-state index contributed by atoms with van der Waals surface area (Å²) in [7, 11) is 0. The van der Waals surface area contributed by atoms with Crippen LogP contribution in [0, 0.1) is 5.92 Å². The third-order valence-electron chi connectivity index (χ3n) is 3.84. The van der Waals surface area contributed by atoms with Crippen LogP contribution < -0.4 is 5.32 Å². The number of pyridine rings is 1. The molecule has 5 nitrogen and oxygen atoms in total. The number of halogens is 2. The van der Waals surface area contributed by atoms with Gasteiger partial charge in [-0.15, -0.1) is 0 Å². The van der Waals surface area contributed by atoms with Crippen molar-refractivity contribution in [1.82, 2.24) is 9.88 Å². The Morgan fingerprint density at radius 1 is 1.21 bits per heavy atom. The van der Waals surface area contributed by atoms with Gasteiger partial charge in [0.1, 0.15) is 0 Å². The van der Waals surface area contributed by atoms with Crippen LogP contribution in [0.15, 0.2) is 42.7 Å². The SMILES string of the molecule is O=C(Nc1cc(Cl)cc(Cl)c1)C1CC(=O)N(Cc2ccncc2)C1. The Hall–Kier alpha value is -2.11. The molecule has 7 heteroatoms. The summed E-state index contributed by atoms with van der Waals surface area (Å²) in [5, 5.41) is 3.66. The molecule has 124 valence electrons. The van der Waals surface area contributed by atoms with E-state index in [-0.39, 0.29) is 18.2 Å². The fourth-order valence-corrected chi connectivity index (χ4v) is 3.21. The Morgan fingerprint density at radius 3 is 2.54 bits per heavy atom. The van der Waals surface area contributed by atoms with Crippen LogP contribution in [0.3, 0.4) is 0 Å². The van der Waals surface area contributed by atoms with Gasteiger partial charge in [0.05, 0.1) is 5.92 Å². The summed E-state index contributed by atoms with van der Waals surface area (Å²) < 4.78 is 0. The van der Waals surface area contributed by atoms with Gasteiger partial charge < -0.3 is 10.2 Å². The van der Waals surface area contributed by atoms with E-state index in [1.807, 2.05) is 12.1 Å². The molecule has 0 spiro atoms. The van der Waals surface area contributed by atoms with E-state index in [1.54, 1.807) is 35.5 Å². The van der Waals surface area contributed by atoms with Crippen molar-refractivity contribution in [2.45, 2.75) is 13.0 Å². The minimum absolute atomic E-state index is 0.0314. The first-order chi connectivity index (χ1) is 11.5. The summed E-state index contributed by atoms with van der Waals surface area (Å²) in [6, 6.07) is 8.55. The number of nitrogens with one attached hydrogen (secondary N) is 1. The molecule has 1 aromatic carbocycles. The van der Waals surface area contributed by atoms with E-state index in [4.69, 9.17) is 23.2 Å². The summed E-state index contributed by atoms with van der Waals surface area (Å²) in [6.07, 6.45) is 3.57. The Bertz CT molecular complexity index is 747. The minimum Gasteiger partial charge on any atom is -0.338 e. The Balaban J connectivity index is 1.63. The van der Waals surface area contributed by atoms with Crippen LogP contribution in [0.25, 0.3) is 0 Å². The van der Waals surface area contributed by atoms with Crippen LogP contribution in [-0.4, -0.2) is 28.2 Å². The zero-order valence-corrected chi connectivity index (χ0v) is 14.2. The van der Waals surface area contributed by atoms with Crippen molar-refractivity contribution >= 4 is 40.7 Å². The largest absolute Gasteiger partial charge is 0.338 e. The lowest BCUT2D eigenvalue weighted by molar-refractivity contribution is -0.128. The normalized spacial score (nSPS) is 17.2. The van der Waals surface area contributed by atoms with Gasteiger partial charge in [0.2, 0.25) is 11.8 Å². The minimum atomic E-state index is -0.392. The Labute approximate surface area is 149 Å². The predicted molar refractivity (Wildman–Crippen MR) is 92.9 cm³/mol. The number of aromatic nitrogens is 1. The standard InChI is InChI=1S/C17H15Cl2N3O2/c18-13-6-14(19)8-15(7-13)21-17(24)12-5-16(23)22(10-12)9-11-1-3-20-4-2-11/h1-4,6-8,12H,5,9-10H2,(H,21,24). The topological polar surface area (TPSA) is 62.3 Å². The van der Waals surface area contributed by atoms with E-state index in [2.05, 4.69) is 10.3 Å². The van der Waals surface area contributed by atoms with Gasteiger partial charge in [-0.1, -0.05) is 23.2 Å².